The largest absolute Gasteiger partial charge is 0.462 e. The van der Waals surface area contributed by atoms with Crippen LogP contribution in [0.15, 0.2) is 60.8 Å². The molecule has 0 aliphatic carbocycles. The SMILES string of the molecule is CC/C=C\C/C=C\C/C=C\C/C=C\C=C\C(O)CCCC(=O)O[C@@H](CO)COC(=O)CCCCCCCCCCCCCCCCCCCCC(C)CC. The molecular weight excluding hydrogens is 673 g/mol. The molecule has 0 bridgehead atoms. The van der Waals surface area contributed by atoms with Gasteiger partial charge in [0.1, 0.15) is 6.61 Å². The Balaban J connectivity index is 3.67. The van der Waals surface area contributed by atoms with Gasteiger partial charge in [-0.25, -0.2) is 0 Å². The fourth-order valence-corrected chi connectivity index (χ4v) is 6.21. The van der Waals surface area contributed by atoms with Crippen LogP contribution in [0.3, 0.4) is 0 Å². The number of unbranched alkanes of at least 4 members (excludes halogenated alkanes) is 17. The van der Waals surface area contributed by atoms with Crippen LogP contribution in [0.25, 0.3) is 0 Å². The minimum Gasteiger partial charge on any atom is -0.462 e. The molecule has 2 N–H and O–H groups in total. The molecule has 3 atom stereocenters. The normalized spacial score (nSPS) is 13.9. The second kappa shape index (κ2) is 41.7. The van der Waals surface area contributed by atoms with Crippen LogP contribution in [0.1, 0.15) is 201 Å². The summed E-state index contributed by atoms with van der Waals surface area (Å²) in [5.41, 5.74) is 0. The molecule has 0 rings (SSSR count). The Morgan fingerprint density at radius 3 is 1.52 bits per heavy atom. The Kier molecular flexibility index (Phi) is 39.8. The van der Waals surface area contributed by atoms with Crippen molar-refractivity contribution < 1.29 is 29.3 Å². The molecule has 0 saturated carbocycles. The maximum Gasteiger partial charge on any atom is 0.306 e. The zero-order chi connectivity index (χ0) is 39.6. The van der Waals surface area contributed by atoms with Crippen LogP contribution in [-0.2, 0) is 19.1 Å². The number of aliphatic hydroxyl groups is 2. The molecular formula is C48H84O6. The van der Waals surface area contributed by atoms with E-state index in [1.165, 1.54) is 109 Å². The minimum atomic E-state index is -0.867. The number of carbonyl (C=O) groups is 2. The fourth-order valence-electron chi connectivity index (χ4n) is 6.21. The zero-order valence-corrected chi connectivity index (χ0v) is 35.2. The van der Waals surface area contributed by atoms with E-state index in [0.717, 1.165) is 50.9 Å². The summed E-state index contributed by atoms with van der Waals surface area (Å²) in [6.45, 7) is 6.27. The highest BCUT2D eigenvalue weighted by Gasteiger charge is 2.16. The highest BCUT2D eigenvalue weighted by atomic mass is 16.6. The molecule has 0 aliphatic heterocycles. The van der Waals surface area contributed by atoms with Crippen molar-refractivity contribution in [3.63, 3.8) is 0 Å². The van der Waals surface area contributed by atoms with Crippen molar-refractivity contribution in [1.82, 2.24) is 0 Å². The molecule has 0 amide bonds. The molecule has 312 valence electrons. The first-order chi connectivity index (χ1) is 26.4. The van der Waals surface area contributed by atoms with Gasteiger partial charge >= 0.3 is 11.9 Å². The molecule has 0 aromatic carbocycles. The van der Waals surface area contributed by atoms with Crippen molar-refractivity contribution in [3.05, 3.63) is 60.8 Å². The molecule has 0 heterocycles. The standard InChI is InChI=1S/C48H84O6/c1-4-6-7-8-9-10-11-18-22-25-28-31-34-38-45(50)39-36-41-48(52)54-46(42-49)43-53-47(51)40-35-32-29-26-23-20-17-15-13-12-14-16-19-21-24-27-30-33-37-44(3)5-2/h6-7,9-10,18,22,28,31,34,38,44-46,49-50H,4-5,8,11-17,19-21,23-27,29-30,32-33,35-37,39-43H2,1-3H3/b7-6-,10-9-,22-18-,31-28-,38-34+/t44?,45?,46-/m0/s1. The third kappa shape index (κ3) is 39.3. The molecule has 0 radical (unpaired) electrons. The molecule has 2 unspecified atom stereocenters. The Labute approximate surface area is 333 Å². The van der Waals surface area contributed by atoms with Gasteiger partial charge in [-0.2, -0.15) is 0 Å². The summed E-state index contributed by atoms with van der Waals surface area (Å²) in [6.07, 6.45) is 50.3. The van der Waals surface area contributed by atoms with Crippen LogP contribution < -0.4 is 0 Å². The number of allylic oxidation sites excluding steroid dienone is 9. The van der Waals surface area contributed by atoms with Gasteiger partial charge in [0, 0.05) is 12.8 Å². The van der Waals surface area contributed by atoms with Crippen LogP contribution in [0.2, 0.25) is 0 Å². The van der Waals surface area contributed by atoms with Gasteiger partial charge in [0.15, 0.2) is 6.10 Å². The Morgan fingerprint density at radius 1 is 0.556 bits per heavy atom. The number of hydrogen-bond donors (Lipinski definition) is 2. The van der Waals surface area contributed by atoms with E-state index in [9.17, 15) is 19.8 Å². The molecule has 0 fully saturated rings. The Morgan fingerprint density at radius 2 is 1.02 bits per heavy atom. The fraction of sp³-hybridized carbons (Fsp3) is 0.750. The van der Waals surface area contributed by atoms with Gasteiger partial charge in [-0.15, -0.1) is 0 Å². The maximum atomic E-state index is 12.2. The van der Waals surface area contributed by atoms with Crippen molar-refractivity contribution >= 4 is 11.9 Å². The summed E-state index contributed by atoms with van der Waals surface area (Å²) >= 11 is 0. The number of aliphatic hydroxyl groups excluding tert-OH is 2. The first-order valence-corrected chi connectivity index (χ1v) is 22.3. The smallest absolute Gasteiger partial charge is 0.306 e. The van der Waals surface area contributed by atoms with E-state index in [1.807, 2.05) is 18.2 Å². The van der Waals surface area contributed by atoms with Crippen LogP contribution in [0.5, 0.6) is 0 Å². The lowest BCUT2D eigenvalue weighted by atomic mass is 9.99. The maximum absolute atomic E-state index is 12.2. The summed E-state index contributed by atoms with van der Waals surface area (Å²) in [5, 5.41) is 19.7. The van der Waals surface area contributed by atoms with Crippen molar-refractivity contribution in [2.75, 3.05) is 13.2 Å². The third-order valence-electron chi connectivity index (χ3n) is 9.97. The number of hydrogen-bond acceptors (Lipinski definition) is 6. The number of esters is 2. The van der Waals surface area contributed by atoms with E-state index in [0.29, 0.717) is 19.3 Å². The molecule has 0 aliphatic rings. The molecule has 0 spiro atoms. The third-order valence-corrected chi connectivity index (χ3v) is 9.97. The molecule has 6 nitrogen and oxygen atoms in total. The van der Waals surface area contributed by atoms with Gasteiger partial charge in [-0.1, -0.05) is 204 Å². The molecule has 0 aromatic rings. The highest BCUT2D eigenvalue weighted by Crippen LogP contribution is 2.17. The first-order valence-electron chi connectivity index (χ1n) is 22.3. The number of ether oxygens (including phenoxy) is 2. The quantitative estimate of drug-likeness (QED) is 0.0281. The highest BCUT2D eigenvalue weighted by molar-refractivity contribution is 5.70. The summed E-state index contributed by atoms with van der Waals surface area (Å²) < 4.78 is 10.5. The average molecular weight is 757 g/mol. The Bertz CT molecular complexity index is 980. The van der Waals surface area contributed by atoms with Gasteiger partial charge in [0.2, 0.25) is 0 Å². The first kappa shape index (κ1) is 51.6. The molecule has 0 aromatic heterocycles. The van der Waals surface area contributed by atoms with E-state index in [1.54, 1.807) is 6.08 Å². The van der Waals surface area contributed by atoms with Gasteiger partial charge in [0.25, 0.3) is 0 Å². The van der Waals surface area contributed by atoms with E-state index in [2.05, 4.69) is 57.2 Å². The van der Waals surface area contributed by atoms with Gasteiger partial charge in [0.05, 0.1) is 12.7 Å². The summed E-state index contributed by atoms with van der Waals surface area (Å²) in [7, 11) is 0. The zero-order valence-electron chi connectivity index (χ0n) is 35.2. The summed E-state index contributed by atoms with van der Waals surface area (Å²) in [5.74, 6) is 0.115. The van der Waals surface area contributed by atoms with Crippen LogP contribution in [-0.4, -0.2) is 47.6 Å². The predicted molar refractivity (Wildman–Crippen MR) is 229 cm³/mol. The average Bonchev–Trinajstić information content (AvgIpc) is 3.17. The summed E-state index contributed by atoms with van der Waals surface area (Å²) in [4.78, 5) is 24.4. The van der Waals surface area contributed by atoms with Gasteiger partial charge < -0.3 is 19.7 Å². The lowest BCUT2D eigenvalue weighted by Gasteiger charge is -2.16. The lowest BCUT2D eigenvalue weighted by Crippen LogP contribution is -2.28. The van der Waals surface area contributed by atoms with E-state index >= 15 is 0 Å². The Hall–Kier alpha value is -2.44. The second-order valence-electron chi connectivity index (χ2n) is 15.2. The van der Waals surface area contributed by atoms with Gasteiger partial charge in [-0.05, 0) is 50.9 Å². The van der Waals surface area contributed by atoms with E-state index < -0.39 is 24.8 Å². The topological polar surface area (TPSA) is 93.1 Å². The number of rotatable bonds is 39. The van der Waals surface area contributed by atoms with Crippen molar-refractivity contribution in [2.24, 2.45) is 5.92 Å². The minimum absolute atomic E-state index is 0.123. The van der Waals surface area contributed by atoms with Crippen molar-refractivity contribution in [2.45, 2.75) is 213 Å². The van der Waals surface area contributed by atoms with Crippen molar-refractivity contribution in [3.8, 4) is 0 Å². The van der Waals surface area contributed by atoms with Crippen LogP contribution in [0.4, 0.5) is 0 Å². The summed E-state index contributed by atoms with van der Waals surface area (Å²) in [6, 6.07) is 0. The molecule has 6 heteroatoms. The second-order valence-corrected chi connectivity index (χ2v) is 15.2. The lowest BCUT2D eigenvalue weighted by molar-refractivity contribution is -0.161. The van der Waals surface area contributed by atoms with E-state index in [-0.39, 0.29) is 19.0 Å². The monoisotopic (exact) mass is 757 g/mol. The van der Waals surface area contributed by atoms with Crippen LogP contribution >= 0.6 is 0 Å². The van der Waals surface area contributed by atoms with Crippen molar-refractivity contribution in [1.29, 1.82) is 0 Å². The van der Waals surface area contributed by atoms with E-state index in [4.69, 9.17) is 9.47 Å². The van der Waals surface area contributed by atoms with Crippen LogP contribution in [0, 0.1) is 5.92 Å². The molecule has 0 saturated heterocycles. The molecule has 54 heavy (non-hydrogen) atoms. The predicted octanol–water partition coefficient (Wildman–Crippen LogP) is 13.2. The number of carbonyl (C=O) groups excluding carboxylic acids is 2. The van der Waals surface area contributed by atoms with Gasteiger partial charge in [-0.3, -0.25) is 9.59 Å².